The summed E-state index contributed by atoms with van der Waals surface area (Å²) in [6.07, 6.45) is 4.04. The second-order valence-electron chi connectivity index (χ2n) is 10.1. The number of anilines is 2. The predicted molar refractivity (Wildman–Crippen MR) is 124 cm³/mol. The summed E-state index contributed by atoms with van der Waals surface area (Å²) in [4.78, 5) is 8.61. The fourth-order valence-electron chi connectivity index (χ4n) is 6.72. The summed E-state index contributed by atoms with van der Waals surface area (Å²) < 4.78 is 42.2. The van der Waals surface area contributed by atoms with Crippen molar-refractivity contribution >= 4 is 18.0 Å². The first-order chi connectivity index (χ1) is 16.8. The van der Waals surface area contributed by atoms with Crippen molar-refractivity contribution in [3.63, 3.8) is 0 Å². The van der Waals surface area contributed by atoms with E-state index in [4.69, 9.17) is 5.41 Å². The topological polar surface area (TPSA) is 107 Å². The zero-order valence-corrected chi connectivity index (χ0v) is 19.1. The third-order valence-electron chi connectivity index (χ3n) is 7.84. The van der Waals surface area contributed by atoms with Gasteiger partial charge < -0.3 is 20.8 Å². The van der Waals surface area contributed by atoms with Gasteiger partial charge in [-0.05, 0) is 73.5 Å². The van der Waals surface area contributed by atoms with E-state index in [1.807, 2.05) is 0 Å². The lowest BCUT2D eigenvalue weighted by molar-refractivity contribution is -0.274. The molecule has 35 heavy (non-hydrogen) atoms. The summed E-state index contributed by atoms with van der Waals surface area (Å²) in [6, 6.07) is 8.00. The molecule has 5 atom stereocenters. The van der Waals surface area contributed by atoms with E-state index in [0.717, 1.165) is 19.3 Å². The quantitative estimate of drug-likeness (QED) is 0.436. The molecule has 0 aliphatic heterocycles. The minimum atomic E-state index is -4.78. The summed E-state index contributed by atoms with van der Waals surface area (Å²) in [7, 11) is 0. The lowest BCUT2D eigenvalue weighted by Crippen LogP contribution is -2.53. The molecule has 6 rings (SSSR count). The van der Waals surface area contributed by atoms with Crippen molar-refractivity contribution in [3.8, 4) is 11.8 Å². The molecule has 0 radical (unpaired) electrons. The molecule has 4 bridgehead atoms. The Morgan fingerprint density at radius 2 is 1.91 bits per heavy atom. The van der Waals surface area contributed by atoms with E-state index in [0.29, 0.717) is 47.2 Å². The molecule has 7 nitrogen and oxygen atoms in total. The van der Waals surface area contributed by atoms with E-state index in [9.17, 15) is 18.4 Å². The van der Waals surface area contributed by atoms with E-state index in [1.165, 1.54) is 37.2 Å². The van der Waals surface area contributed by atoms with Gasteiger partial charge in [0.05, 0.1) is 6.20 Å². The number of nitriles is 1. The molecule has 4 fully saturated rings. The number of hydrogen-bond donors (Lipinski definition) is 3. The minimum Gasteiger partial charge on any atom is -0.405 e. The highest BCUT2D eigenvalue weighted by Gasteiger charge is 2.54. The Morgan fingerprint density at radius 1 is 1.17 bits per heavy atom. The summed E-state index contributed by atoms with van der Waals surface area (Å²) in [5.74, 6) is 2.59. The van der Waals surface area contributed by atoms with Crippen LogP contribution in [0.2, 0.25) is 0 Å². The van der Waals surface area contributed by atoms with Crippen LogP contribution in [-0.2, 0) is 6.54 Å². The highest BCUT2D eigenvalue weighted by Crippen LogP contribution is 2.61. The average molecular weight is 485 g/mol. The summed E-state index contributed by atoms with van der Waals surface area (Å²) in [5, 5.41) is 23.7. The number of aromatic nitrogens is 2. The normalized spacial score (nSPS) is 28.9. The molecule has 1 heterocycles. The van der Waals surface area contributed by atoms with Gasteiger partial charge in [0.1, 0.15) is 23.2 Å². The monoisotopic (exact) mass is 484 g/mol. The molecular formula is C25H27F3N6O. The lowest BCUT2D eigenvalue weighted by Gasteiger charge is -2.59. The van der Waals surface area contributed by atoms with Crippen LogP contribution < -0.4 is 15.4 Å². The van der Waals surface area contributed by atoms with Crippen LogP contribution in [0.15, 0.2) is 30.5 Å². The van der Waals surface area contributed by atoms with Crippen LogP contribution >= 0.6 is 0 Å². The Bertz CT molecular complexity index is 1130. The van der Waals surface area contributed by atoms with Crippen LogP contribution in [0.4, 0.5) is 24.9 Å². The molecule has 1 aromatic carbocycles. The number of hydrogen-bond acceptors (Lipinski definition) is 7. The molecule has 3 N–H and O–H groups in total. The molecule has 4 aliphatic carbocycles. The Balaban J connectivity index is 1.28. The maximum atomic E-state index is 12.7. The van der Waals surface area contributed by atoms with Crippen LogP contribution in [-0.4, -0.2) is 29.1 Å². The first-order valence-electron chi connectivity index (χ1n) is 11.9. The van der Waals surface area contributed by atoms with E-state index in [2.05, 4.69) is 31.4 Å². The Labute approximate surface area is 201 Å². The molecule has 0 saturated heterocycles. The number of rotatable bonds is 8. The number of halogens is 3. The zero-order valence-electron chi connectivity index (χ0n) is 19.1. The first kappa shape index (κ1) is 23.4. The molecule has 4 aliphatic rings. The lowest BCUT2D eigenvalue weighted by atomic mass is 9.46. The SMILES string of the molecule is N#Cc1cnc(NCc2ccccc2OC(F)(F)F)nc1NCC12CC3C[C@H](C1)C(C=N)[C@@H](C3)C2. The van der Waals surface area contributed by atoms with E-state index in [1.54, 1.807) is 12.3 Å². The number of benzene rings is 1. The van der Waals surface area contributed by atoms with Crippen molar-refractivity contribution in [2.45, 2.75) is 45.0 Å². The van der Waals surface area contributed by atoms with Gasteiger partial charge in [-0.1, -0.05) is 18.2 Å². The van der Waals surface area contributed by atoms with E-state index < -0.39 is 6.36 Å². The summed E-state index contributed by atoms with van der Waals surface area (Å²) in [6.45, 7) is 0.728. The summed E-state index contributed by atoms with van der Waals surface area (Å²) in [5.41, 5.74) is 0.773. The number of para-hydroxylation sites is 1. The smallest absolute Gasteiger partial charge is 0.405 e. The minimum absolute atomic E-state index is 0.0254. The number of alkyl halides is 3. The second-order valence-corrected chi connectivity index (χ2v) is 10.1. The number of ether oxygens (including phenoxy) is 1. The predicted octanol–water partition coefficient (Wildman–Crippen LogP) is 5.36. The molecule has 2 aromatic rings. The molecule has 4 saturated carbocycles. The fourth-order valence-corrected chi connectivity index (χ4v) is 6.72. The number of nitrogens with zero attached hydrogens (tertiary/aromatic N) is 3. The van der Waals surface area contributed by atoms with E-state index >= 15 is 0 Å². The maximum absolute atomic E-state index is 12.7. The van der Waals surface area contributed by atoms with Crippen molar-refractivity contribution in [1.29, 1.82) is 10.7 Å². The zero-order chi connectivity index (χ0) is 24.6. The van der Waals surface area contributed by atoms with Crippen LogP contribution in [0.1, 0.15) is 43.2 Å². The molecule has 3 unspecified atom stereocenters. The van der Waals surface area contributed by atoms with Crippen molar-refractivity contribution < 1.29 is 17.9 Å². The molecule has 0 spiro atoms. The largest absolute Gasteiger partial charge is 0.573 e. The Hall–Kier alpha value is -3.35. The maximum Gasteiger partial charge on any atom is 0.573 e. The highest BCUT2D eigenvalue weighted by molar-refractivity contribution is 5.59. The van der Waals surface area contributed by atoms with Gasteiger partial charge in [0.2, 0.25) is 5.95 Å². The van der Waals surface area contributed by atoms with Gasteiger partial charge >= 0.3 is 6.36 Å². The molecule has 10 heteroatoms. The van der Waals surface area contributed by atoms with Gasteiger partial charge in [0.25, 0.3) is 0 Å². The third kappa shape index (κ3) is 4.90. The molecule has 0 amide bonds. The highest BCUT2D eigenvalue weighted by atomic mass is 19.4. The van der Waals surface area contributed by atoms with Crippen molar-refractivity contribution in [3.05, 3.63) is 41.6 Å². The van der Waals surface area contributed by atoms with Crippen LogP contribution in [0, 0.1) is 45.8 Å². The van der Waals surface area contributed by atoms with Crippen molar-refractivity contribution in [2.24, 2.45) is 29.1 Å². The van der Waals surface area contributed by atoms with Crippen molar-refractivity contribution in [2.75, 3.05) is 17.2 Å². The van der Waals surface area contributed by atoms with Crippen LogP contribution in [0.25, 0.3) is 0 Å². The van der Waals surface area contributed by atoms with Crippen molar-refractivity contribution in [1.82, 2.24) is 9.97 Å². The summed E-state index contributed by atoms with van der Waals surface area (Å²) >= 11 is 0. The Kier molecular flexibility index (Phi) is 6.03. The van der Waals surface area contributed by atoms with Crippen LogP contribution in [0.3, 0.4) is 0 Å². The average Bonchev–Trinajstić information content (AvgIpc) is 2.81. The second kappa shape index (κ2) is 9.02. The Morgan fingerprint density at radius 3 is 2.60 bits per heavy atom. The van der Waals surface area contributed by atoms with Gasteiger partial charge in [-0.15, -0.1) is 13.2 Å². The third-order valence-corrected chi connectivity index (χ3v) is 7.84. The number of nitrogens with one attached hydrogen (secondary N) is 3. The van der Waals surface area contributed by atoms with Gasteiger partial charge in [-0.25, -0.2) is 4.98 Å². The van der Waals surface area contributed by atoms with E-state index in [-0.39, 0.29) is 23.7 Å². The first-order valence-corrected chi connectivity index (χ1v) is 11.9. The molecular weight excluding hydrogens is 457 g/mol. The van der Waals surface area contributed by atoms with Crippen LogP contribution in [0.5, 0.6) is 5.75 Å². The van der Waals surface area contributed by atoms with Gasteiger partial charge in [0.15, 0.2) is 0 Å². The molecule has 1 aromatic heterocycles. The fraction of sp³-hybridized carbons (Fsp3) is 0.520. The van der Waals surface area contributed by atoms with Gasteiger partial charge in [0, 0.05) is 18.7 Å². The standard InChI is InChI=1S/C25H27F3N6O/c26-25(27,28)35-21-4-2-1-3-16(21)12-31-23-32-13-19(10-29)22(34-23)33-14-24-7-15-5-17(8-24)20(11-30)18(6-15)9-24/h1-4,11,13,15,17-18,20,30H,5-9,12,14H2,(H2,31,32,33,34)/t15?,17-,18+,20?,24?. The molecule has 184 valence electrons. The van der Waals surface area contributed by atoms with Gasteiger partial charge in [-0.3, -0.25) is 0 Å². The van der Waals surface area contributed by atoms with Gasteiger partial charge in [-0.2, -0.15) is 10.2 Å².